The van der Waals surface area contributed by atoms with E-state index in [1.807, 2.05) is 30.3 Å². The Kier molecular flexibility index (Phi) is 6.36. The summed E-state index contributed by atoms with van der Waals surface area (Å²) < 4.78 is 31.6. The van der Waals surface area contributed by atoms with Gasteiger partial charge < -0.3 is 10.8 Å². The summed E-state index contributed by atoms with van der Waals surface area (Å²) in [6.07, 6.45) is 0.385. The van der Waals surface area contributed by atoms with Crippen molar-refractivity contribution in [2.75, 3.05) is 0 Å². The lowest BCUT2D eigenvalue weighted by Gasteiger charge is -2.04. The molecule has 1 rings (SSSR count). The lowest BCUT2D eigenvalue weighted by atomic mass is 10.1. The number of carboxylic acid groups (broad SMARTS) is 1. The van der Waals surface area contributed by atoms with Gasteiger partial charge in [-0.15, -0.1) is 0 Å². The number of nitrogens with two attached hydrogens (primary N) is 1. The molecule has 7 nitrogen and oxygen atoms in total. The number of hydrogen-bond donors (Lipinski definition) is 4. The summed E-state index contributed by atoms with van der Waals surface area (Å²) in [7, 11) is -4.67. The van der Waals surface area contributed by atoms with Gasteiger partial charge in [-0.2, -0.15) is 8.42 Å². The smallest absolute Gasteiger partial charge is 0.394 e. The molecule has 96 valence electrons. The van der Waals surface area contributed by atoms with E-state index in [1.165, 1.54) is 0 Å². The average Bonchev–Trinajstić information content (AvgIpc) is 2.16. The maximum Gasteiger partial charge on any atom is 0.394 e. The van der Waals surface area contributed by atoms with Crippen molar-refractivity contribution in [1.29, 1.82) is 0 Å². The van der Waals surface area contributed by atoms with E-state index in [-0.39, 0.29) is 0 Å². The van der Waals surface area contributed by atoms with Crippen molar-refractivity contribution in [3.05, 3.63) is 35.9 Å². The number of hydrogen-bond acceptors (Lipinski definition) is 4. The van der Waals surface area contributed by atoms with Crippen molar-refractivity contribution in [3.8, 4) is 0 Å². The highest BCUT2D eigenvalue weighted by Crippen LogP contribution is 2.01. The van der Waals surface area contributed by atoms with Gasteiger partial charge in [0.2, 0.25) is 0 Å². The van der Waals surface area contributed by atoms with E-state index in [0.717, 1.165) is 5.56 Å². The minimum Gasteiger partial charge on any atom is -0.480 e. The van der Waals surface area contributed by atoms with Crippen LogP contribution < -0.4 is 5.73 Å². The van der Waals surface area contributed by atoms with Gasteiger partial charge in [-0.3, -0.25) is 13.9 Å². The van der Waals surface area contributed by atoms with Crippen molar-refractivity contribution in [2.45, 2.75) is 12.5 Å². The molecule has 17 heavy (non-hydrogen) atoms. The first-order valence-corrected chi connectivity index (χ1v) is 5.82. The minimum absolute atomic E-state index is 0.385. The van der Waals surface area contributed by atoms with Gasteiger partial charge in [0, 0.05) is 0 Å². The van der Waals surface area contributed by atoms with Gasteiger partial charge in [-0.1, -0.05) is 30.3 Å². The molecule has 0 aliphatic carbocycles. The van der Waals surface area contributed by atoms with Gasteiger partial charge in [0.05, 0.1) is 0 Å². The molecule has 5 N–H and O–H groups in total. The van der Waals surface area contributed by atoms with E-state index >= 15 is 0 Å². The zero-order valence-electron chi connectivity index (χ0n) is 8.72. The molecule has 0 spiro atoms. The van der Waals surface area contributed by atoms with E-state index in [2.05, 4.69) is 0 Å². The normalized spacial score (nSPS) is 12.2. The fourth-order valence-electron chi connectivity index (χ4n) is 0.955. The molecular formula is C9H13NO6S. The molecule has 0 amide bonds. The van der Waals surface area contributed by atoms with Crippen LogP contribution in [0.5, 0.6) is 0 Å². The molecule has 1 aromatic rings. The molecule has 1 aromatic carbocycles. The van der Waals surface area contributed by atoms with Gasteiger partial charge in [0.15, 0.2) is 0 Å². The Morgan fingerprint density at radius 2 is 1.65 bits per heavy atom. The standard InChI is InChI=1S/C9H11NO2.H2O4S/c10-8(9(11)12)6-7-4-2-1-3-5-7;1-5(2,3)4/h1-5,8H,6,10H2,(H,11,12);(H2,1,2,3,4)/t8-;/m0./s1. The first-order valence-electron chi connectivity index (χ1n) is 4.42. The van der Waals surface area contributed by atoms with E-state index < -0.39 is 22.4 Å². The summed E-state index contributed by atoms with van der Waals surface area (Å²) >= 11 is 0. The summed E-state index contributed by atoms with van der Waals surface area (Å²) in [4.78, 5) is 10.4. The Labute approximate surface area is 98.5 Å². The first kappa shape index (κ1) is 15.5. The summed E-state index contributed by atoms with van der Waals surface area (Å²) in [6, 6.07) is 8.54. The number of rotatable bonds is 3. The van der Waals surface area contributed by atoms with Crippen LogP contribution in [-0.4, -0.2) is 34.6 Å². The maximum atomic E-state index is 10.4. The third-order valence-electron chi connectivity index (χ3n) is 1.62. The Morgan fingerprint density at radius 1 is 1.24 bits per heavy atom. The van der Waals surface area contributed by atoms with Gasteiger partial charge in [0.1, 0.15) is 6.04 Å². The molecule has 0 bridgehead atoms. The van der Waals surface area contributed by atoms with Crippen LogP contribution in [0.25, 0.3) is 0 Å². The Bertz CT molecular complexity index is 436. The molecular weight excluding hydrogens is 250 g/mol. The molecule has 0 aliphatic rings. The van der Waals surface area contributed by atoms with Gasteiger partial charge in [-0.25, -0.2) is 0 Å². The van der Waals surface area contributed by atoms with Crippen molar-refractivity contribution in [3.63, 3.8) is 0 Å². The summed E-state index contributed by atoms with van der Waals surface area (Å²) in [5, 5.41) is 8.52. The van der Waals surface area contributed by atoms with Crippen LogP contribution >= 0.6 is 0 Å². The molecule has 0 aliphatic heterocycles. The SMILES string of the molecule is N[C@@H](Cc1ccccc1)C(=O)O.O=S(=O)(O)O. The fourth-order valence-corrected chi connectivity index (χ4v) is 0.955. The number of benzene rings is 1. The Balaban J connectivity index is 0.000000437. The second kappa shape index (κ2) is 6.97. The quantitative estimate of drug-likeness (QED) is 0.562. The third-order valence-corrected chi connectivity index (χ3v) is 1.62. The van der Waals surface area contributed by atoms with Gasteiger partial charge in [0.25, 0.3) is 0 Å². The molecule has 0 aromatic heterocycles. The molecule has 1 atom stereocenters. The van der Waals surface area contributed by atoms with E-state index in [4.69, 9.17) is 28.4 Å². The molecule has 0 saturated heterocycles. The molecule has 0 radical (unpaired) electrons. The Hall–Kier alpha value is -1.48. The first-order chi connectivity index (χ1) is 7.70. The van der Waals surface area contributed by atoms with Crippen molar-refractivity contribution < 1.29 is 27.4 Å². The van der Waals surface area contributed by atoms with Crippen molar-refractivity contribution >= 4 is 16.4 Å². The summed E-state index contributed by atoms with van der Waals surface area (Å²) in [6.45, 7) is 0. The van der Waals surface area contributed by atoms with Crippen LogP contribution in [0.1, 0.15) is 5.56 Å². The van der Waals surface area contributed by atoms with Crippen LogP contribution in [0, 0.1) is 0 Å². The minimum atomic E-state index is -4.67. The summed E-state index contributed by atoms with van der Waals surface area (Å²) in [5.41, 5.74) is 6.30. The second-order valence-electron chi connectivity index (χ2n) is 3.08. The Morgan fingerprint density at radius 3 is 2.00 bits per heavy atom. The van der Waals surface area contributed by atoms with Crippen LogP contribution in [0.4, 0.5) is 0 Å². The molecule has 8 heteroatoms. The van der Waals surface area contributed by atoms with E-state index in [9.17, 15) is 4.79 Å². The van der Waals surface area contributed by atoms with Crippen molar-refractivity contribution in [1.82, 2.24) is 0 Å². The molecule has 0 fully saturated rings. The molecule has 0 unspecified atom stereocenters. The number of carbonyl (C=O) groups is 1. The van der Waals surface area contributed by atoms with Crippen molar-refractivity contribution in [2.24, 2.45) is 5.73 Å². The average molecular weight is 263 g/mol. The highest BCUT2D eigenvalue weighted by atomic mass is 32.3. The van der Waals surface area contributed by atoms with Crippen LogP contribution in [-0.2, 0) is 21.6 Å². The predicted octanol–water partition coefficient (Wildman–Crippen LogP) is -0.0118. The maximum absolute atomic E-state index is 10.4. The molecule has 0 saturated carbocycles. The van der Waals surface area contributed by atoms with Crippen LogP contribution in [0.2, 0.25) is 0 Å². The predicted molar refractivity (Wildman–Crippen MR) is 59.9 cm³/mol. The lowest BCUT2D eigenvalue weighted by Crippen LogP contribution is -2.32. The zero-order chi connectivity index (χ0) is 13.5. The number of carboxylic acids is 1. The fraction of sp³-hybridized carbons (Fsp3) is 0.222. The zero-order valence-corrected chi connectivity index (χ0v) is 9.54. The lowest BCUT2D eigenvalue weighted by molar-refractivity contribution is -0.138. The van der Waals surface area contributed by atoms with E-state index in [1.54, 1.807) is 0 Å². The van der Waals surface area contributed by atoms with Gasteiger partial charge >= 0.3 is 16.4 Å². The number of aliphatic carboxylic acids is 1. The van der Waals surface area contributed by atoms with Gasteiger partial charge in [-0.05, 0) is 12.0 Å². The largest absolute Gasteiger partial charge is 0.480 e. The summed E-state index contributed by atoms with van der Waals surface area (Å²) in [5.74, 6) is -0.959. The van der Waals surface area contributed by atoms with E-state index in [0.29, 0.717) is 6.42 Å². The second-order valence-corrected chi connectivity index (χ2v) is 3.98. The topological polar surface area (TPSA) is 138 Å². The highest BCUT2D eigenvalue weighted by molar-refractivity contribution is 7.79. The van der Waals surface area contributed by atoms with Crippen LogP contribution in [0.15, 0.2) is 30.3 Å². The highest BCUT2D eigenvalue weighted by Gasteiger charge is 2.10. The third kappa shape index (κ3) is 10.8. The molecule has 0 heterocycles. The van der Waals surface area contributed by atoms with Crippen LogP contribution in [0.3, 0.4) is 0 Å². The monoisotopic (exact) mass is 263 g/mol.